The van der Waals surface area contributed by atoms with Crippen molar-refractivity contribution in [1.29, 1.82) is 0 Å². The van der Waals surface area contributed by atoms with Crippen LogP contribution in [-0.4, -0.2) is 45.5 Å². The zero-order chi connectivity index (χ0) is 16.9. The number of aryl methyl sites for hydroxylation is 1. The maximum atomic E-state index is 12.3. The van der Waals surface area contributed by atoms with Gasteiger partial charge in [0.05, 0.1) is 4.90 Å². The molecule has 7 heteroatoms. The molecule has 1 atom stereocenters. The van der Waals surface area contributed by atoms with Crippen LogP contribution in [0.25, 0.3) is 0 Å². The van der Waals surface area contributed by atoms with Crippen LogP contribution in [-0.2, 0) is 10.0 Å². The van der Waals surface area contributed by atoms with E-state index in [9.17, 15) is 13.2 Å². The molecule has 1 heterocycles. The topological polar surface area (TPSA) is 78.5 Å². The van der Waals surface area contributed by atoms with Crippen LogP contribution in [0.1, 0.15) is 25.3 Å². The van der Waals surface area contributed by atoms with Gasteiger partial charge in [-0.3, -0.25) is 0 Å². The second kappa shape index (κ2) is 7.79. The van der Waals surface area contributed by atoms with Crippen molar-refractivity contribution in [2.24, 2.45) is 5.92 Å². The molecule has 0 bridgehead atoms. The van der Waals surface area contributed by atoms with Crippen molar-refractivity contribution in [3.8, 4) is 0 Å². The smallest absolute Gasteiger partial charge is 0.317 e. The van der Waals surface area contributed by atoms with E-state index in [-0.39, 0.29) is 16.8 Å². The van der Waals surface area contributed by atoms with Gasteiger partial charge in [-0.2, -0.15) is 0 Å². The molecule has 6 nitrogen and oxygen atoms in total. The van der Waals surface area contributed by atoms with E-state index in [1.54, 1.807) is 29.2 Å². The molecule has 2 amide bonds. The molecule has 0 unspecified atom stereocenters. The number of benzene rings is 1. The molecule has 1 aliphatic rings. The summed E-state index contributed by atoms with van der Waals surface area (Å²) in [5, 5.41) is 2.79. The van der Waals surface area contributed by atoms with Gasteiger partial charge in [-0.1, -0.05) is 17.7 Å². The van der Waals surface area contributed by atoms with Crippen molar-refractivity contribution in [2.45, 2.75) is 31.6 Å². The highest BCUT2D eigenvalue weighted by molar-refractivity contribution is 7.89. The Morgan fingerprint density at radius 3 is 2.65 bits per heavy atom. The van der Waals surface area contributed by atoms with Crippen LogP contribution in [0.2, 0.25) is 0 Å². The molecule has 1 aromatic rings. The van der Waals surface area contributed by atoms with Crippen LogP contribution >= 0.6 is 0 Å². The third-order valence-electron chi connectivity index (χ3n) is 4.03. The van der Waals surface area contributed by atoms with E-state index in [1.807, 2.05) is 13.8 Å². The maximum Gasteiger partial charge on any atom is 0.317 e. The number of carbonyl (C=O) groups is 1. The first-order chi connectivity index (χ1) is 10.9. The predicted octanol–water partition coefficient (Wildman–Crippen LogP) is 1.71. The summed E-state index contributed by atoms with van der Waals surface area (Å²) >= 11 is 0. The minimum absolute atomic E-state index is 0.0707. The molecule has 0 saturated carbocycles. The molecule has 1 aromatic carbocycles. The van der Waals surface area contributed by atoms with Gasteiger partial charge in [0.2, 0.25) is 10.0 Å². The zero-order valence-corrected chi connectivity index (χ0v) is 14.5. The number of sulfonamides is 1. The standard InChI is InChI=1S/C16H25N3O3S/c1-3-17-16(20)19-10-4-5-14(12-19)11-18-23(21,22)15-8-6-13(2)7-9-15/h6-9,14,18H,3-5,10-12H2,1-2H3,(H,17,20)/t14-/m1/s1. The Balaban J connectivity index is 1.92. The van der Waals surface area contributed by atoms with Gasteiger partial charge >= 0.3 is 6.03 Å². The van der Waals surface area contributed by atoms with Crippen LogP contribution in [0.3, 0.4) is 0 Å². The summed E-state index contributed by atoms with van der Waals surface area (Å²) in [4.78, 5) is 13.9. The van der Waals surface area contributed by atoms with E-state index in [0.29, 0.717) is 19.6 Å². The molecular formula is C16H25N3O3S. The van der Waals surface area contributed by atoms with E-state index in [1.165, 1.54) is 0 Å². The third-order valence-corrected chi connectivity index (χ3v) is 5.47. The summed E-state index contributed by atoms with van der Waals surface area (Å²) < 4.78 is 27.3. The van der Waals surface area contributed by atoms with E-state index in [4.69, 9.17) is 0 Å². The van der Waals surface area contributed by atoms with Crippen LogP contribution in [0.4, 0.5) is 4.79 Å². The second-order valence-electron chi connectivity index (χ2n) is 5.95. The van der Waals surface area contributed by atoms with E-state index in [0.717, 1.165) is 24.9 Å². The SMILES string of the molecule is CCNC(=O)N1CCC[C@H](CNS(=O)(=O)c2ccc(C)cc2)C1. The monoisotopic (exact) mass is 339 g/mol. The highest BCUT2D eigenvalue weighted by atomic mass is 32.2. The molecule has 1 aliphatic heterocycles. The molecule has 1 fully saturated rings. The van der Waals surface area contributed by atoms with Gasteiger partial charge in [-0.15, -0.1) is 0 Å². The Hall–Kier alpha value is -1.60. The van der Waals surface area contributed by atoms with Gasteiger partial charge in [-0.05, 0) is 44.7 Å². The van der Waals surface area contributed by atoms with E-state index < -0.39 is 10.0 Å². The molecule has 1 saturated heterocycles. The minimum atomic E-state index is -3.49. The Kier molecular flexibility index (Phi) is 6.01. The number of nitrogens with zero attached hydrogens (tertiary/aromatic N) is 1. The fraction of sp³-hybridized carbons (Fsp3) is 0.562. The highest BCUT2D eigenvalue weighted by Crippen LogP contribution is 2.17. The molecule has 0 radical (unpaired) electrons. The number of urea groups is 1. The number of hydrogen-bond donors (Lipinski definition) is 2. The minimum Gasteiger partial charge on any atom is -0.338 e. The van der Waals surface area contributed by atoms with Crippen molar-refractivity contribution in [3.63, 3.8) is 0 Å². The summed E-state index contributed by atoms with van der Waals surface area (Å²) in [5.41, 5.74) is 1.02. The van der Waals surface area contributed by atoms with Crippen molar-refractivity contribution >= 4 is 16.1 Å². The number of nitrogens with one attached hydrogen (secondary N) is 2. The molecule has 0 aliphatic carbocycles. The summed E-state index contributed by atoms with van der Waals surface area (Å²) in [6.07, 6.45) is 1.82. The molecular weight excluding hydrogens is 314 g/mol. The van der Waals surface area contributed by atoms with Gasteiger partial charge in [0.1, 0.15) is 0 Å². The summed E-state index contributed by atoms with van der Waals surface area (Å²) in [6.45, 7) is 6.07. The van der Waals surface area contributed by atoms with Crippen LogP contribution in [0, 0.1) is 12.8 Å². The van der Waals surface area contributed by atoms with Gasteiger partial charge < -0.3 is 10.2 Å². The zero-order valence-electron chi connectivity index (χ0n) is 13.7. The molecule has 0 aromatic heterocycles. The molecule has 23 heavy (non-hydrogen) atoms. The largest absolute Gasteiger partial charge is 0.338 e. The number of hydrogen-bond acceptors (Lipinski definition) is 3. The van der Waals surface area contributed by atoms with Crippen LogP contribution < -0.4 is 10.0 Å². The summed E-state index contributed by atoms with van der Waals surface area (Å²) in [5.74, 6) is 0.145. The fourth-order valence-electron chi connectivity index (χ4n) is 2.71. The van der Waals surface area contributed by atoms with Crippen molar-refractivity contribution in [2.75, 3.05) is 26.2 Å². The molecule has 2 N–H and O–H groups in total. The lowest BCUT2D eigenvalue weighted by Gasteiger charge is -2.32. The Morgan fingerprint density at radius 2 is 2.00 bits per heavy atom. The van der Waals surface area contributed by atoms with Crippen LogP contribution in [0.5, 0.6) is 0 Å². The first kappa shape index (κ1) is 17.7. The summed E-state index contributed by atoms with van der Waals surface area (Å²) in [7, 11) is -3.49. The van der Waals surface area contributed by atoms with E-state index in [2.05, 4.69) is 10.0 Å². The average molecular weight is 339 g/mol. The maximum absolute atomic E-state index is 12.3. The first-order valence-corrected chi connectivity index (χ1v) is 9.50. The number of carbonyl (C=O) groups excluding carboxylic acids is 1. The number of amides is 2. The average Bonchev–Trinajstić information content (AvgIpc) is 2.54. The van der Waals surface area contributed by atoms with Gasteiger partial charge in [-0.25, -0.2) is 17.9 Å². The third kappa shape index (κ3) is 4.94. The first-order valence-electron chi connectivity index (χ1n) is 8.01. The second-order valence-corrected chi connectivity index (χ2v) is 7.72. The Bertz CT molecular complexity index is 628. The lowest BCUT2D eigenvalue weighted by molar-refractivity contribution is 0.167. The highest BCUT2D eigenvalue weighted by Gasteiger charge is 2.25. The number of rotatable bonds is 5. The van der Waals surface area contributed by atoms with Gasteiger partial charge in [0.15, 0.2) is 0 Å². The number of piperidine rings is 1. The number of likely N-dealkylation sites (tertiary alicyclic amines) is 1. The molecule has 128 valence electrons. The summed E-state index contributed by atoms with van der Waals surface area (Å²) in [6, 6.07) is 6.72. The Labute approximate surface area is 138 Å². The fourth-order valence-corrected chi connectivity index (χ4v) is 3.82. The van der Waals surface area contributed by atoms with Crippen molar-refractivity contribution < 1.29 is 13.2 Å². The quantitative estimate of drug-likeness (QED) is 0.857. The Morgan fingerprint density at radius 1 is 1.30 bits per heavy atom. The lowest BCUT2D eigenvalue weighted by Crippen LogP contribution is -2.47. The predicted molar refractivity (Wildman–Crippen MR) is 89.7 cm³/mol. The van der Waals surface area contributed by atoms with Crippen molar-refractivity contribution in [1.82, 2.24) is 14.9 Å². The molecule has 0 spiro atoms. The van der Waals surface area contributed by atoms with E-state index >= 15 is 0 Å². The lowest BCUT2D eigenvalue weighted by atomic mass is 9.99. The van der Waals surface area contributed by atoms with Crippen LogP contribution in [0.15, 0.2) is 29.2 Å². The van der Waals surface area contributed by atoms with Gasteiger partial charge in [0, 0.05) is 26.2 Å². The molecule has 2 rings (SSSR count). The van der Waals surface area contributed by atoms with Crippen molar-refractivity contribution in [3.05, 3.63) is 29.8 Å². The van der Waals surface area contributed by atoms with Gasteiger partial charge in [0.25, 0.3) is 0 Å². The normalized spacial score (nSPS) is 18.7.